The maximum Gasteiger partial charge on any atom is 0.481 e. The first-order chi connectivity index (χ1) is 22.3. The average Bonchev–Trinajstić information content (AvgIpc) is 3.34. The average molecular weight is 678 g/mol. The van der Waals surface area contributed by atoms with E-state index in [1.54, 1.807) is 26.2 Å². The van der Waals surface area contributed by atoms with E-state index in [4.69, 9.17) is 19.5 Å². The first kappa shape index (κ1) is 37.7. The smallest absolute Gasteiger partial charge is 0.444 e. The van der Waals surface area contributed by atoms with Crippen molar-refractivity contribution >= 4 is 31.0 Å². The molecule has 2 bridgehead atoms. The van der Waals surface area contributed by atoms with Crippen LogP contribution in [-0.2, 0) is 23.6 Å². The molecule has 270 valence electrons. The van der Waals surface area contributed by atoms with E-state index < -0.39 is 65.2 Å². The minimum atomic E-state index is -0.986. The van der Waals surface area contributed by atoms with E-state index in [1.807, 2.05) is 0 Å². The third kappa shape index (κ3) is 8.71. The molecule has 1 unspecified atom stereocenters. The van der Waals surface area contributed by atoms with E-state index in [9.17, 15) is 24.5 Å². The van der Waals surface area contributed by atoms with Crippen molar-refractivity contribution < 1.29 is 33.5 Å². The van der Waals surface area contributed by atoms with Crippen LogP contribution in [0.15, 0.2) is 0 Å². The van der Waals surface area contributed by atoms with Crippen molar-refractivity contribution in [2.75, 3.05) is 13.1 Å². The summed E-state index contributed by atoms with van der Waals surface area (Å²) in [5.41, 5.74) is 0.727. The lowest BCUT2D eigenvalue weighted by Crippen LogP contribution is -2.65. The van der Waals surface area contributed by atoms with E-state index in [0.29, 0.717) is 37.6 Å². The van der Waals surface area contributed by atoms with E-state index in [0.717, 1.165) is 25.7 Å². The number of amides is 3. The van der Waals surface area contributed by atoms with Gasteiger partial charge in [0.2, 0.25) is 11.8 Å². The third-order valence-electron chi connectivity index (χ3n) is 10.6. The van der Waals surface area contributed by atoms with Gasteiger partial charge in [-0.3, -0.25) is 19.9 Å². The molecule has 5 rings (SSSR count). The Morgan fingerprint density at radius 3 is 2.48 bits per heavy atom. The highest BCUT2D eigenvalue weighted by molar-refractivity contribution is 6.48. The van der Waals surface area contributed by atoms with E-state index in [-0.39, 0.29) is 30.4 Å². The number of hydrogen-bond acceptors (Lipinski definition) is 9. The van der Waals surface area contributed by atoms with Crippen molar-refractivity contribution in [1.29, 1.82) is 5.41 Å². The summed E-state index contributed by atoms with van der Waals surface area (Å²) in [5, 5.41) is 26.1. The van der Waals surface area contributed by atoms with Gasteiger partial charge in [-0.25, -0.2) is 14.9 Å². The predicted octanol–water partition coefficient (Wildman–Crippen LogP) is 3.15. The second-order valence-corrected chi connectivity index (χ2v) is 16.1. The Hall–Kier alpha value is -3.14. The Morgan fingerprint density at radius 2 is 1.85 bits per heavy atom. The Bertz CT molecular complexity index is 1230. The number of nitrogens with zero attached hydrogens (tertiary/aromatic N) is 2. The molecule has 0 spiro atoms. The van der Waals surface area contributed by atoms with Crippen molar-refractivity contribution in [2.24, 2.45) is 23.2 Å². The SMILES string of the molecule is CC(C)C[C@H](NC(=O)[C@H](CCCNC(=N)N[N+](=O)[O-])NC(=O)C1CCCCN1C(=O)OC(C)(C)C)B1O[C@@H]2C[C@@H]3C[C@@H](C3(C)C)[C@]2(C)O1. The van der Waals surface area contributed by atoms with Gasteiger partial charge < -0.3 is 30.0 Å². The van der Waals surface area contributed by atoms with Crippen molar-refractivity contribution in [3.8, 4) is 0 Å². The highest BCUT2D eigenvalue weighted by Crippen LogP contribution is 2.65. The van der Waals surface area contributed by atoms with Crippen molar-refractivity contribution in [3.05, 3.63) is 10.1 Å². The van der Waals surface area contributed by atoms with Crippen LogP contribution in [0, 0.1) is 38.7 Å². The Balaban J connectivity index is 1.48. The lowest BCUT2D eigenvalue weighted by atomic mass is 9.43. The number of guanidine groups is 1. The van der Waals surface area contributed by atoms with Crippen molar-refractivity contribution in [3.63, 3.8) is 0 Å². The maximum absolute atomic E-state index is 14.1. The number of hydrazine groups is 1. The van der Waals surface area contributed by atoms with Gasteiger partial charge >= 0.3 is 13.2 Å². The number of ether oxygens (including phenoxy) is 1. The molecule has 2 saturated heterocycles. The summed E-state index contributed by atoms with van der Waals surface area (Å²) in [6.07, 6.45) is 4.39. The Kier molecular flexibility index (Phi) is 11.6. The van der Waals surface area contributed by atoms with Crippen LogP contribution in [0.25, 0.3) is 0 Å². The molecule has 0 aromatic heterocycles. The van der Waals surface area contributed by atoms with E-state index in [1.165, 1.54) is 4.90 Å². The molecule has 7 atom stereocenters. The zero-order valence-corrected chi connectivity index (χ0v) is 29.9. The third-order valence-corrected chi connectivity index (χ3v) is 10.6. The Morgan fingerprint density at radius 1 is 1.15 bits per heavy atom. The normalized spacial score (nSPS) is 28.8. The quantitative estimate of drug-likeness (QED) is 0.0511. The highest BCUT2D eigenvalue weighted by atomic mass is 16.7. The molecule has 0 radical (unpaired) electrons. The summed E-state index contributed by atoms with van der Waals surface area (Å²) in [6.45, 7) is 16.7. The van der Waals surface area contributed by atoms with Crippen LogP contribution >= 0.6 is 0 Å². The van der Waals surface area contributed by atoms with Crippen LogP contribution in [0.3, 0.4) is 0 Å². The number of likely N-dealkylation sites (tertiary alicyclic amines) is 1. The van der Waals surface area contributed by atoms with Crippen LogP contribution in [0.1, 0.15) is 107 Å². The number of carbonyl (C=O) groups excluding carboxylic acids is 3. The van der Waals surface area contributed by atoms with Crippen LogP contribution in [0.4, 0.5) is 4.79 Å². The molecule has 5 fully saturated rings. The lowest BCUT2D eigenvalue weighted by Gasteiger charge is -2.64. The molecule has 0 aromatic rings. The first-order valence-electron chi connectivity index (χ1n) is 17.5. The summed E-state index contributed by atoms with van der Waals surface area (Å²) in [6, 6.07) is -1.79. The molecule has 3 aliphatic carbocycles. The predicted molar refractivity (Wildman–Crippen MR) is 179 cm³/mol. The lowest BCUT2D eigenvalue weighted by molar-refractivity contribution is -0.525. The Labute approximate surface area is 284 Å². The van der Waals surface area contributed by atoms with Crippen LogP contribution < -0.4 is 21.4 Å². The van der Waals surface area contributed by atoms with Crippen LogP contribution in [0.5, 0.6) is 0 Å². The number of rotatable bonds is 12. The standard InChI is InChI=1S/C32H56BN7O8/c1-19(2)16-25(33-47-24-18-20-17-23(31(20,6)7)32(24,8)48-33)37-26(41)21(12-11-14-35-28(34)38-40(44)45)36-27(42)22-13-9-10-15-39(22)29(43)46-30(3,4)5/h19-25H,9-18H2,1-8H3,(H,36,42)(H,37,41)(H3,34,35,38)/t20-,21-,22?,23-,24+,25-,32-/m0/s1. The zero-order valence-electron chi connectivity index (χ0n) is 29.9. The molecule has 5 N–H and O–H groups in total. The van der Waals surface area contributed by atoms with Gasteiger partial charge in [-0.05, 0) is 102 Å². The van der Waals surface area contributed by atoms with Gasteiger partial charge in [-0.1, -0.05) is 33.1 Å². The minimum absolute atomic E-state index is 0.0550. The monoisotopic (exact) mass is 677 g/mol. The molecule has 0 aromatic carbocycles. The number of hydrogen-bond donors (Lipinski definition) is 5. The van der Waals surface area contributed by atoms with Crippen LogP contribution in [0.2, 0.25) is 0 Å². The van der Waals surface area contributed by atoms with Gasteiger partial charge in [0.05, 0.1) is 17.6 Å². The molecule has 16 heteroatoms. The molecule has 15 nitrogen and oxygen atoms in total. The molecule has 2 aliphatic heterocycles. The van der Waals surface area contributed by atoms with Gasteiger partial charge in [0.15, 0.2) is 5.03 Å². The van der Waals surface area contributed by atoms with Gasteiger partial charge in [0.25, 0.3) is 5.96 Å². The second-order valence-electron chi connectivity index (χ2n) is 16.1. The molecular formula is C32H56BN7O8. The fourth-order valence-electron chi connectivity index (χ4n) is 8.03. The summed E-state index contributed by atoms with van der Waals surface area (Å²) in [5.74, 6) is -0.663. The number of nitro groups is 1. The van der Waals surface area contributed by atoms with E-state index >= 15 is 0 Å². The summed E-state index contributed by atoms with van der Waals surface area (Å²) >= 11 is 0. The summed E-state index contributed by atoms with van der Waals surface area (Å²) < 4.78 is 18.8. The summed E-state index contributed by atoms with van der Waals surface area (Å²) in [4.78, 5) is 52.9. The fraction of sp³-hybridized carbons (Fsp3) is 0.875. The fourth-order valence-corrected chi connectivity index (χ4v) is 8.03. The molecule has 3 amide bonds. The molecule has 48 heavy (non-hydrogen) atoms. The topological polar surface area (TPSA) is 197 Å². The van der Waals surface area contributed by atoms with Gasteiger partial charge in [0, 0.05) is 13.1 Å². The highest BCUT2D eigenvalue weighted by Gasteiger charge is 2.68. The first-order valence-corrected chi connectivity index (χ1v) is 17.5. The zero-order chi connectivity index (χ0) is 35.6. The maximum atomic E-state index is 14.1. The van der Waals surface area contributed by atoms with Gasteiger partial charge in [0.1, 0.15) is 17.7 Å². The number of carbonyl (C=O) groups is 3. The molecular weight excluding hydrogens is 621 g/mol. The number of piperidine rings is 1. The van der Waals surface area contributed by atoms with Gasteiger partial charge in [-0.2, -0.15) is 0 Å². The minimum Gasteiger partial charge on any atom is -0.444 e. The van der Waals surface area contributed by atoms with E-state index in [2.05, 4.69) is 50.6 Å². The largest absolute Gasteiger partial charge is 0.481 e. The second kappa shape index (κ2) is 14.8. The van der Waals surface area contributed by atoms with Gasteiger partial charge in [-0.15, -0.1) is 0 Å². The molecule has 5 aliphatic rings. The molecule has 2 heterocycles. The number of nitrogens with one attached hydrogen (secondary N) is 5. The van der Waals surface area contributed by atoms with Crippen molar-refractivity contribution in [2.45, 2.75) is 142 Å². The van der Waals surface area contributed by atoms with Crippen molar-refractivity contribution in [1.82, 2.24) is 26.3 Å². The summed E-state index contributed by atoms with van der Waals surface area (Å²) in [7, 11) is -0.644. The molecule has 3 saturated carbocycles. The van der Waals surface area contributed by atoms with Crippen LogP contribution in [-0.4, -0.2) is 89.3 Å².